The molecule has 0 radical (unpaired) electrons. The van der Waals surface area contributed by atoms with Crippen LogP contribution in [0.5, 0.6) is 17.2 Å². The number of hydrogen-bond donors (Lipinski definition) is 1. The Morgan fingerprint density at radius 1 is 1.16 bits per heavy atom. The van der Waals surface area contributed by atoms with E-state index in [9.17, 15) is 18.0 Å². The number of ether oxygens (including phenoxy) is 3. The Kier molecular flexibility index (Phi) is 6.93. The van der Waals surface area contributed by atoms with Crippen LogP contribution in [0.2, 0.25) is 0 Å². The maximum Gasteiger partial charge on any atom is 0.491 e. The summed E-state index contributed by atoms with van der Waals surface area (Å²) < 4.78 is 55.1. The first-order valence-electron chi connectivity index (χ1n) is 9.85. The summed E-state index contributed by atoms with van der Waals surface area (Å²) >= 11 is 0. The Morgan fingerprint density at radius 2 is 1.88 bits per heavy atom. The lowest BCUT2D eigenvalue weighted by molar-refractivity contribution is -0.189. The number of halogens is 3. The molecular weight excluding hydrogens is 427 g/mol. The van der Waals surface area contributed by atoms with Crippen molar-refractivity contribution in [1.82, 2.24) is 9.88 Å². The fourth-order valence-corrected chi connectivity index (χ4v) is 3.35. The predicted octanol–water partition coefficient (Wildman–Crippen LogP) is 4.24. The van der Waals surface area contributed by atoms with Crippen molar-refractivity contribution in [2.75, 3.05) is 46.7 Å². The zero-order chi connectivity index (χ0) is 23.5. The van der Waals surface area contributed by atoms with Crippen molar-refractivity contribution in [2.24, 2.45) is 0 Å². The molecule has 0 aliphatic heterocycles. The van der Waals surface area contributed by atoms with E-state index in [1.807, 2.05) is 19.0 Å². The summed E-state index contributed by atoms with van der Waals surface area (Å²) in [5.74, 6) is -2.75. The van der Waals surface area contributed by atoms with Gasteiger partial charge in [0.05, 0.1) is 35.8 Å². The van der Waals surface area contributed by atoms with Crippen molar-refractivity contribution in [3.8, 4) is 17.2 Å². The van der Waals surface area contributed by atoms with Crippen LogP contribution in [0, 0.1) is 0 Å². The van der Waals surface area contributed by atoms with Gasteiger partial charge in [-0.3, -0.25) is 0 Å². The number of nitrogens with zero attached hydrogens (tertiary/aromatic N) is 2. The Hall–Kier alpha value is -3.27. The number of benzene rings is 2. The average molecular weight is 451 g/mol. The predicted molar refractivity (Wildman–Crippen MR) is 116 cm³/mol. The Bertz CT molecular complexity index is 1130. The number of esters is 1. The van der Waals surface area contributed by atoms with Crippen molar-refractivity contribution in [3.05, 3.63) is 30.3 Å². The van der Waals surface area contributed by atoms with Gasteiger partial charge in [-0.1, -0.05) is 18.2 Å². The number of anilines is 1. The van der Waals surface area contributed by atoms with Crippen LogP contribution in [0.3, 0.4) is 0 Å². The molecule has 2 aromatic carbocycles. The smallest absolute Gasteiger partial charge is 0.490 e. The van der Waals surface area contributed by atoms with Crippen LogP contribution < -0.4 is 19.5 Å². The summed E-state index contributed by atoms with van der Waals surface area (Å²) in [4.78, 5) is 18.3. The normalized spacial score (nSPS) is 11.8. The molecule has 0 saturated heterocycles. The van der Waals surface area contributed by atoms with Gasteiger partial charge < -0.3 is 24.4 Å². The van der Waals surface area contributed by atoms with E-state index in [4.69, 9.17) is 14.2 Å². The summed E-state index contributed by atoms with van der Waals surface area (Å²) in [6.45, 7) is 1.03. The van der Waals surface area contributed by atoms with E-state index >= 15 is 0 Å². The van der Waals surface area contributed by atoms with Crippen LogP contribution in [0.4, 0.5) is 18.9 Å². The summed E-state index contributed by atoms with van der Waals surface area (Å²) in [5, 5.41) is 3.81. The lowest BCUT2D eigenvalue weighted by Crippen LogP contribution is -2.28. The number of pyridine rings is 1. The van der Waals surface area contributed by atoms with Gasteiger partial charge >= 0.3 is 12.1 Å². The zero-order valence-corrected chi connectivity index (χ0v) is 18.2. The molecule has 1 N–H and O–H groups in total. The molecular formula is C22H24F3N3O4. The second-order valence-corrected chi connectivity index (χ2v) is 7.28. The molecule has 0 fully saturated rings. The third-order valence-corrected chi connectivity index (χ3v) is 4.73. The molecule has 0 aliphatic carbocycles. The van der Waals surface area contributed by atoms with Gasteiger partial charge in [-0.15, -0.1) is 0 Å². The van der Waals surface area contributed by atoms with Crippen molar-refractivity contribution in [1.29, 1.82) is 0 Å². The fraction of sp³-hybridized carbons (Fsp3) is 0.364. The van der Waals surface area contributed by atoms with Gasteiger partial charge in [0.1, 0.15) is 0 Å². The molecule has 0 unspecified atom stereocenters. The molecule has 3 rings (SSSR count). The first kappa shape index (κ1) is 23.4. The SMILES string of the molecule is CNc1c2ccccc2nc2cc(OCCCN(C)C)c(OC)c(OC(=O)C(F)(F)F)c12. The van der Waals surface area contributed by atoms with E-state index in [-0.39, 0.29) is 23.5 Å². The fourth-order valence-electron chi connectivity index (χ4n) is 3.35. The van der Waals surface area contributed by atoms with Crippen molar-refractivity contribution >= 4 is 33.5 Å². The molecule has 0 amide bonds. The summed E-state index contributed by atoms with van der Waals surface area (Å²) in [5.41, 5.74) is 1.36. The minimum absolute atomic E-state index is 0.117. The number of rotatable bonds is 8. The average Bonchev–Trinajstić information content (AvgIpc) is 2.74. The lowest BCUT2D eigenvalue weighted by atomic mass is 10.1. The monoisotopic (exact) mass is 451 g/mol. The molecule has 172 valence electrons. The molecule has 0 bridgehead atoms. The van der Waals surface area contributed by atoms with Crippen LogP contribution in [-0.4, -0.2) is 63.4 Å². The highest BCUT2D eigenvalue weighted by Gasteiger charge is 2.42. The van der Waals surface area contributed by atoms with Gasteiger partial charge in [-0.05, 0) is 26.6 Å². The third-order valence-electron chi connectivity index (χ3n) is 4.73. The van der Waals surface area contributed by atoms with Gasteiger partial charge in [-0.25, -0.2) is 9.78 Å². The van der Waals surface area contributed by atoms with Crippen molar-refractivity contribution in [3.63, 3.8) is 0 Å². The lowest BCUT2D eigenvalue weighted by Gasteiger charge is -2.20. The number of carbonyl (C=O) groups is 1. The number of carbonyl (C=O) groups excluding carboxylic acids is 1. The van der Waals surface area contributed by atoms with E-state index in [0.29, 0.717) is 28.5 Å². The number of methoxy groups -OCH3 is 1. The van der Waals surface area contributed by atoms with Crippen LogP contribution in [-0.2, 0) is 4.79 Å². The Morgan fingerprint density at radius 3 is 2.50 bits per heavy atom. The first-order valence-corrected chi connectivity index (χ1v) is 9.85. The van der Waals surface area contributed by atoms with E-state index in [1.54, 1.807) is 37.4 Å². The highest BCUT2D eigenvalue weighted by Crippen LogP contribution is 2.48. The molecule has 0 saturated carbocycles. The van der Waals surface area contributed by atoms with Crippen LogP contribution >= 0.6 is 0 Å². The van der Waals surface area contributed by atoms with E-state index in [1.165, 1.54) is 7.11 Å². The molecule has 10 heteroatoms. The Labute approximate surface area is 183 Å². The molecule has 1 heterocycles. The van der Waals surface area contributed by atoms with Crippen LogP contribution in [0.15, 0.2) is 30.3 Å². The van der Waals surface area contributed by atoms with Crippen LogP contribution in [0.25, 0.3) is 21.8 Å². The van der Waals surface area contributed by atoms with Gasteiger partial charge in [0.25, 0.3) is 0 Å². The first-order chi connectivity index (χ1) is 15.2. The second-order valence-electron chi connectivity index (χ2n) is 7.28. The number of para-hydroxylation sites is 1. The van der Waals surface area contributed by atoms with Crippen molar-refractivity contribution in [2.45, 2.75) is 12.6 Å². The van der Waals surface area contributed by atoms with Crippen molar-refractivity contribution < 1.29 is 32.2 Å². The van der Waals surface area contributed by atoms with E-state index < -0.39 is 17.9 Å². The molecule has 0 aliphatic rings. The highest BCUT2D eigenvalue weighted by atomic mass is 19.4. The van der Waals surface area contributed by atoms with E-state index in [2.05, 4.69) is 10.3 Å². The standard InChI is InChI=1S/C22H24F3N3O4/c1-26-18-13-8-5-6-9-14(13)27-15-12-16(31-11-7-10-28(2)3)19(30-4)20(17(15)18)32-21(29)22(23,24)25/h5-6,8-9,12H,7,10-11H2,1-4H3,(H,26,27). The second kappa shape index (κ2) is 9.47. The minimum Gasteiger partial charge on any atom is -0.490 e. The van der Waals surface area contributed by atoms with Gasteiger partial charge in [0.15, 0.2) is 11.5 Å². The molecule has 0 spiro atoms. The largest absolute Gasteiger partial charge is 0.491 e. The maximum atomic E-state index is 13.0. The number of nitrogens with one attached hydrogen (secondary N) is 1. The van der Waals surface area contributed by atoms with Gasteiger partial charge in [0.2, 0.25) is 5.75 Å². The maximum absolute atomic E-state index is 13.0. The molecule has 3 aromatic rings. The summed E-state index contributed by atoms with van der Waals surface area (Å²) in [6.07, 6.45) is -4.53. The molecule has 1 aromatic heterocycles. The third kappa shape index (κ3) is 4.80. The zero-order valence-electron chi connectivity index (χ0n) is 18.2. The van der Waals surface area contributed by atoms with Crippen LogP contribution in [0.1, 0.15) is 6.42 Å². The molecule has 32 heavy (non-hydrogen) atoms. The van der Waals surface area contributed by atoms with E-state index in [0.717, 1.165) is 6.54 Å². The minimum atomic E-state index is -5.19. The number of fused-ring (bicyclic) bond motifs is 2. The number of alkyl halides is 3. The Balaban J connectivity index is 2.24. The quantitative estimate of drug-likeness (QED) is 0.238. The summed E-state index contributed by atoms with van der Waals surface area (Å²) in [7, 11) is 6.72. The molecule has 0 atom stereocenters. The van der Waals surface area contributed by atoms with Gasteiger partial charge in [-0.2, -0.15) is 13.2 Å². The topological polar surface area (TPSA) is 72.9 Å². The number of hydrogen-bond acceptors (Lipinski definition) is 7. The molecule has 7 nitrogen and oxygen atoms in total. The highest BCUT2D eigenvalue weighted by molar-refractivity contribution is 6.12. The van der Waals surface area contributed by atoms with Gasteiger partial charge in [0, 0.05) is 25.0 Å². The number of aromatic nitrogens is 1. The summed E-state index contributed by atoms with van der Waals surface area (Å²) in [6, 6.07) is 8.69.